The third kappa shape index (κ3) is 2.70. The summed E-state index contributed by atoms with van der Waals surface area (Å²) in [6.07, 6.45) is 1.29. The molecule has 1 heterocycles. The van der Waals surface area contributed by atoms with Gasteiger partial charge in [-0.2, -0.15) is 5.10 Å². The summed E-state index contributed by atoms with van der Waals surface area (Å²) in [6, 6.07) is 5.08. The monoisotopic (exact) mass is 281 g/mol. The van der Waals surface area contributed by atoms with Crippen molar-refractivity contribution in [1.82, 2.24) is 10.2 Å². The fraction of sp³-hybridized carbons (Fsp3) is 0.250. The van der Waals surface area contributed by atoms with Gasteiger partial charge in [-0.1, -0.05) is 0 Å². The van der Waals surface area contributed by atoms with Crippen molar-refractivity contribution in [3.8, 4) is 5.75 Å². The number of anilines is 1. The first-order chi connectivity index (χ1) is 8.94. The fourth-order valence-electron chi connectivity index (χ4n) is 1.76. The summed E-state index contributed by atoms with van der Waals surface area (Å²) in [5, 5.41) is 6.31. The van der Waals surface area contributed by atoms with Gasteiger partial charge in [-0.3, -0.25) is 9.82 Å². The lowest BCUT2D eigenvalue weighted by atomic mass is 10.2. The van der Waals surface area contributed by atoms with E-state index >= 15 is 0 Å². The Hall–Kier alpha value is -2.02. The zero-order valence-corrected chi connectivity index (χ0v) is 11.7. The van der Waals surface area contributed by atoms with Gasteiger partial charge in [-0.05, 0) is 37.6 Å². The second kappa shape index (κ2) is 4.93. The summed E-state index contributed by atoms with van der Waals surface area (Å²) in [6.45, 7) is 3.50. The van der Waals surface area contributed by atoms with Crippen molar-refractivity contribution in [2.75, 3.05) is 11.8 Å². The van der Waals surface area contributed by atoms with Gasteiger partial charge in [0, 0.05) is 5.69 Å². The number of nitrogens with one attached hydrogen (secondary N) is 2. The first-order valence-electron chi connectivity index (χ1n) is 5.61. The molecule has 0 radical (unpaired) electrons. The maximum atomic E-state index is 12.1. The van der Waals surface area contributed by atoms with Gasteiger partial charge in [-0.15, -0.1) is 0 Å². The molecule has 0 aliphatic carbocycles. The maximum absolute atomic E-state index is 12.1. The Kier molecular flexibility index (Phi) is 3.48. The maximum Gasteiger partial charge on any atom is 0.265 e. The Morgan fingerprint density at radius 2 is 2.05 bits per heavy atom. The lowest BCUT2D eigenvalue weighted by molar-refractivity contribution is 0.412. The molecule has 0 aliphatic rings. The number of benzene rings is 1. The number of ether oxygens (including phenoxy) is 1. The molecule has 0 fully saturated rings. The van der Waals surface area contributed by atoms with E-state index in [2.05, 4.69) is 14.9 Å². The Morgan fingerprint density at radius 3 is 2.58 bits per heavy atom. The van der Waals surface area contributed by atoms with Gasteiger partial charge in [0.05, 0.1) is 19.0 Å². The third-order valence-corrected chi connectivity index (χ3v) is 4.22. The van der Waals surface area contributed by atoms with Gasteiger partial charge in [-0.25, -0.2) is 8.42 Å². The summed E-state index contributed by atoms with van der Waals surface area (Å²) in [4.78, 5) is 0.140. The lowest BCUT2D eigenvalue weighted by Crippen LogP contribution is -2.13. The van der Waals surface area contributed by atoms with Crippen LogP contribution in [0.4, 0.5) is 5.69 Å². The molecule has 0 amide bonds. The van der Waals surface area contributed by atoms with Crippen LogP contribution < -0.4 is 9.46 Å². The van der Waals surface area contributed by atoms with E-state index in [1.165, 1.54) is 6.20 Å². The predicted octanol–water partition coefficient (Wildman–Crippen LogP) is 1.84. The van der Waals surface area contributed by atoms with Crippen molar-refractivity contribution in [3.63, 3.8) is 0 Å². The molecule has 6 nitrogen and oxygen atoms in total. The van der Waals surface area contributed by atoms with Crippen molar-refractivity contribution in [2.45, 2.75) is 18.7 Å². The number of hydrogen-bond donors (Lipinski definition) is 2. The predicted molar refractivity (Wildman–Crippen MR) is 71.9 cm³/mol. The van der Waals surface area contributed by atoms with E-state index in [0.717, 1.165) is 5.56 Å². The van der Waals surface area contributed by atoms with Crippen LogP contribution in [-0.4, -0.2) is 25.7 Å². The first kappa shape index (κ1) is 13.4. The van der Waals surface area contributed by atoms with E-state index in [1.807, 2.05) is 6.92 Å². The highest BCUT2D eigenvalue weighted by Gasteiger charge is 2.18. The van der Waals surface area contributed by atoms with Gasteiger partial charge >= 0.3 is 0 Å². The second-order valence-corrected chi connectivity index (χ2v) is 5.80. The number of H-pyrrole nitrogens is 1. The summed E-state index contributed by atoms with van der Waals surface area (Å²) < 4.78 is 31.9. The number of aromatic nitrogens is 2. The van der Waals surface area contributed by atoms with E-state index in [-0.39, 0.29) is 4.90 Å². The van der Waals surface area contributed by atoms with Gasteiger partial charge in [0.15, 0.2) is 0 Å². The van der Waals surface area contributed by atoms with E-state index in [4.69, 9.17) is 4.74 Å². The molecule has 1 aromatic carbocycles. The van der Waals surface area contributed by atoms with Gasteiger partial charge in [0.25, 0.3) is 10.0 Å². The van der Waals surface area contributed by atoms with Crippen LogP contribution in [-0.2, 0) is 10.0 Å². The molecule has 0 spiro atoms. The largest absolute Gasteiger partial charge is 0.496 e. The van der Waals surface area contributed by atoms with E-state index < -0.39 is 10.0 Å². The lowest BCUT2D eigenvalue weighted by Gasteiger charge is -2.10. The Labute approximate surface area is 111 Å². The Balaban J connectivity index is 2.31. The summed E-state index contributed by atoms with van der Waals surface area (Å²) in [5.41, 5.74) is 1.84. The van der Waals surface area contributed by atoms with Crippen LogP contribution in [0.2, 0.25) is 0 Å². The Morgan fingerprint density at radius 1 is 1.32 bits per heavy atom. The molecule has 2 N–H and O–H groups in total. The summed E-state index contributed by atoms with van der Waals surface area (Å²) in [7, 11) is -2.05. The molecule has 0 saturated heterocycles. The van der Waals surface area contributed by atoms with Crippen molar-refractivity contribution in [3.05, 3.63) is 35.7 Å². The second-order valence-electron chi connectivity index (χ2n) is 4.15. The van der Waals surface area contributed by atoms with Crippen LogP contribution in [0, 0.1) is 13.8 Å². The topological polar surface area (TPSA) is 84.1 Å². The summed E-state index contributed by atoms with van der Waals surface area (Å²) in [5.74, 6) is 0.711. The number of methoxy groups -OCH3 is 1. The molecule has 0 bridgehead atoms. The number of sulfonamides is 1. The Bertz CT molecular complexity index is 692. The minimum atomic E-state index is -3.62. The molecular formula is C12H15N3O3S. The van der Waals surface area contributed by atoms with Crippen LogP contribution in [0.3, 0.4) is 0 Å². The molecule has 0 saturated carbocycles. The zero-order valence-electron chi connectivity index (χ0n) is 10.9. The van der Waals surface area contributed by atoms with Crippen LogP contribution in [0.25, 0.3) is 0 Å². The minimum Gasteiger partial charge on any atom is -0.496 e. The summed E-state index contributed by atoms with van der Waals surface area (Å²) >= 11 is 0. The number of nitrogens with zero attached hydrogens (tertiary/aromatic N) is 1. The number of rotatable bonds is 4. The standard InChI is InChI=1S/C12H15N3O3S/c1-8-6-10(4-5-11(8)18-3)15-19(16,17)12-7-13-14-9(12)2/h4-7,15H,1-3H3,(H,13,14). The number of aromatic amines is 1. The smallest absolute Gasteiger partial charge is 0.265 e. The third-order valence-electron chi connectivity index (χ3n) is 2.72. The molecule has 0 atom stereocenters. The molecule has 0 aliphatic heterocycles. The normalized spacial score (nSPS) is 11.3. The van der Waals surface area contributed by atoms with E-state index in [9.17, 15) is 8.42 Å². The highest BCUT2D eigenvalue weighted by molar-refractivity contribution is 7.92. The molecule has 7 heteroatoms. The quantitative estimate of drug-likeness (QED) is 0.895. The fourth-order valence-corrected chi connectivity index (χ4v) is 2.95. The van der Waals surface area contributed by atoms with Crippen LogP contribution in [0.1, 0.15) is 11.3 Å². The number of hydrogen-bond acceptors (Lipinski definition) is 4. The van der Waals surface area contributed by atoms with Crippen molar-refractivity contribution in [1.29, 1.82) is 0 Å². The minimum absolute atomic E-state index is 0.140. The first-order valence-corrected chi connectivity index (χ1v) is 7.10. The van der Waals surface area contributed by atoms with Gasteiger partial charge in [0.1, 0.15) is 10.6 Å². The molecule has 2 aromatic rings. The van der Waals surface area contributed by atoms with E-state index in [0.29, 0.717) is 17.1 Å². The average molecular weight is 281 g/mol. The molecule has 2 rings (SSSR count). The molecule has 1 aromatic heterocycles. The highest BCUT2D eigenvalue weighted by atomic mass is 32.2. The molecule has 0 unspecified atom stereocenters. The van der Waals surface area contributed by atoms with Crippen molar-refractivity contribution >= 4 is 15.7 Å². The molecular weight excluding hydrogens is 266 g/mol. The van der Waals surface area contributed by atoms with Gasteiger partial charge < -0.3 is 4.74 Å². The zero-order chi connectivity index (χ0) is 14.0. The molecule has 19 heavy (non-hydrogen) atoms. The number of aryl methyl sites for hydroxylation is 2. The average Bonchev–Trinajstić information content (AvgIpc) is 2.76. The molecule has 102 valence electrons. The SMILES string of the molecule is COc1ccc(NS(=O)(=O)c2cn[nH]c2C)cc1C. The van der Waals surface area contributed by atoms with Crippen LogP contribution in [0.15, 0.2) is 29.3 Å². The van der Waals surface area contributed by atoms with Gasteiger partial charge in [0.2, 0.25) is 0 Å². The van der Waals surface area contributed by atoms with Crippen molar-refractivity contribution in [2.24, 2.45) is 0 Å². The highest BCUT2D eigenvalue weighted by Crippen LogP contribution is 2.23. The van der Waals surface area contributed by atoms with Crippen LogP contribution >= 0.6 is 0 Å². The van der Waals surface area contributed by atoms with Crippen molar-refractivity contribution < 1.29 is 13.2 Å². The van der Waals surface area contributed by atoms with Crippen LogP contribution in [0.5, 0.6) is 5.75 Å². The van der Waals surface area contributed by atoms with E-state index in [1.54, 1.807) is 32.2 Å².